The molecule has 1 aliphatic rings. The summed E-state index contributed by atoms with van der Waals surface area (Å²) in [5, 5.41) is 1.11. The van der Waals surface area contributed by atoms with Crippen LogP contribution in [0.5, 0.6) is 5.75 Å². The summed E-state index contributed by atoms with van der Waals surface area (Å²) >= 11 is 0. The molecule has 0 N–H and O–H groups in total. The maximum atomic E-state index is 11.6. The van der Waals surface area contributed by atoms with Gasteiger partial charge in [-0.25, -0.2) is 4.79 Å². The zero-order chi connectivity index (χ0) is 23.5. The fourth-order valence-electron chi connectivity index (χ4n) is 4.26. The second-order valence-corrected chi connectivity index (χ2v) is 7.41. The third-order valence-corrected chi connectivity index (χ3v) is 5.67. The second kappa shape index (κ2) is 12.9. The molecule has 2 aromatic carbocycles. The lowest BCUT2D eigenvalue weighted by Crippen LogP contribution is -2.14. The number of fused-ring (bicyclic) bond motifs is 3. The van der Waals surface area contributed by atoms with Crippen LogP contribution in [0.25, 0.3) is 10.9 Å². The Labute approximate surface area is 193 Å². The third kappa shape index (κ3) is 5.73. The van der Waals surface area contributed by atoms with Crippen LogP contribution >= 0.6 is 0 Å². The summed E-state index contributed by atoms with van der Waals surface area (Å²) in [6.07, 6.45) is 5.55. The van der Waals surface area contributed by atoms with E-state index < -0.39 is 0 Å². The zero-order valence-corrected chi connectivity index (χ0v) is 20.7. The van der Waals surface area contributed by atoms with Crippen molar-refractivity contribution in [2.75, 3.05) is 13.7 Å². The second-order valence-electron chi connectivity index (χ2n) is 7.41. The molecule has 0 radical (unpaired) electrons. The number of hydrogen-bond donors (Lipinski definition) is 0. The van der Waals surface area contributed by atoms with Crippen LogP contribution in [0.3, 0.4) is 0 Å². The van der Waals surface area contributed by atoms with Crippen molar-refractivity contribution >= 4 is 16.9 Å². The number of aryl methyl sites for hydroxylation is 3. The molecule has 0 saturated carbocycles. The molecule has 0 fully saturated rings. The minimum atomic E-state index is -0.356. The van der Waals surface area contributed by atoms with Gasteiger partial charge in [0.25, 0.3) is 0 Å². The third-order valence-electron chi connectivity index (χ3n) is 5.67. The first-order valence-corrected chi connectivity index (χ1v) is 12.1. The van der Waals surface area contributed by atoms with Crippen molar-refractivity contribution in [3.63, 3.8) is 0 Å². The Morgan fingerprint density at radius 1 is 1.00 bits per heavy atom. The highest BCUT2D eigenvalue weighted by Crippen LogP contribution is 2.38. The number of benzene rings is 2. The fraction of sp³-hybridized carbons (Fsp3) is 0.464. The first kappa shape index (κ1) is 25.5. The highest BCUT2D eigenvalue weighted by Gasteiger charge is 2.22. The molecule has 0 unspecified atom stereocenters. The number of carbonyl (C=O) groups is 1. The number of esters is 1. The number of aromatic nitrogens is 1. The average molecular weight is 438 g/mol. The molecule has 0 amide bonds. The fourth-order valence-corrected chi connectivity index (χ4v) is 4.26. The molecule has 0 saturated heterocycles. The van der Waals surface area contributed by atoms with E-state index in [-0.39, 0.29) is 12.6 Å². The predicted molar refractivity (Wildman–Crippen MR) is 134 cm³/mol. The highest BCUT2D eigenvalue weighted by atomic mass is 16.6. The minimum Gasteiger partial charge on any atom is -0.481 e. The van der Waals surface area contributed by atoms with Gasteiger partial charge >= 0.3 is 5.97 Å². The van der Waals surface area contributed by atoms with E-state index in [0.717, 1.165) is 36.9 Å². The number of nitrogens with zero attached hydrogens (tertiary/aromatic N) is 1. The van der Waals surface area contributed by atoms with Gasteiger partial charge in [0.15, 0.2) is 6.61 Å². The normalized spacial score (nSPS) is 12.1. The molecule has 0 bridgehead atoms. The van der Waals surface area contributed by atoms with Crippen LogP contribution in [0.1, 0.15) is 69.8 Å². The Morgan fingerprint density at radius 3 is 2.34 bits per heavy atom. The van der Waals surface area contributed by atoms with Crippen LogP contribution in [0.15, 0.2) is 42.5 Å². The molecule has 0 spiro atoms. The van der Waals surface area contributed by atoms with Gasteiger partial charge in [0, 0.05) is 17.6 Å². The molecule has 0 aliphatic heterocycles. The van der Waals surface area contributed by atoms with Crippen LogP contribution in [-0.2, 0) is 35.3 Å². The molecule has 1 heterocycles. The lowest BCUT2D eigenvalue weighted by Gasteiger charge is -2.21. The van der Waals surface area contributed by atoms with Gasteiger partial charge in [0.1, 0.15) is 5.75 Å². The number of hydrogen-bond acceptors (Lipinski definition) is 3. The Bertz CT molecular complexity index is 989. The molecule has 1 aromatic heterocycles. The van der Waals surface area contributed by atoms with Crippen LogP contribution in [-0.4, -0.2) is 24.3 Å². The molecule has 4 nitrogen and oxygen atoms in total. The molecule has 1 aliphatic carbocycles. The van der Waals surface area contributed by atoms with E-state index in [4.69, 9.17) is 9.47 Å². The summed E-state index contributed by atoms with van der Waals surface area (Å²) in [4.78, 5) is 11.6. The Hall–Kier alpha value is -2.75. The standard InChI is InChI=1S/C24H27NO3.2C2H6/c1-3-19-14-21-22(28-16-23(26)27-2)13-18-11-7-8-12-20(18)24(21)25(19)15-17-9-5-4-6-10-17;2*1-2/h4-6,9-10,13-14H,3,7-8,11-12,15-16H2,1-2H3;2*1-2H3. The van der Waals surface area contributed by atoms with E-state index in [1.165, 1.54) is 47.9 Å². The van der Waals surface area contributed by atoms with Crippen molar-refractivity contribution in [1.82, 2.24) is 4.57 Å². The van der Waals surface area contributed by atoms with Gasteiger partial charge in [-0.05, 0) is 60.9 Å². The number of rotatable bonds is 6. The van der Waals surface area contributed by atoms with E-state index in [2.05, 4.69) is 54.0 Å². The number of carbonyl (C=O) groups excluding carboxylic acids is 1. The summed E-state index contributed by atoms with van der Waals surface area (Å²) < 4.78 is 13.1. The van der Waals surface area contributed by atoms with Gasteiger partial charge in [0.05, 0.1) is 12.6 Å². The molecule has 4 rings (SSSR count). The molecule has 4 heteroatoms. The van der Waals surface area contributed by atoms with Crippen molar-refractivity contribution < 1.29 is 14.3 Å². The Kier molecular flexibility index (Phi) is 10.3. The van der Waals surface area contributed by atoms with Crippen LogP contribution in [0.4, 0.5) is 0 Å². The smallest absolute Gasteiger partial charge is 0.343 e. The Morgan fingerprint density at radius 2 is 1.69 bits per heavy atom. The van der Waals surface area contributed by atoms with Crippen LogP contribution in [0, 0.1) is 0 Å². The predicted octanol–water partition coefficient (Wildman–Crippen LogP) is 6.74. The Balaban J connectivity index is 0.000000860. The summed E-state index contributed by atoms with van der Waals surface area (Å²) in [6, 6.07) is 15.0. The van der Waals surface area contributed by atoms with Crippen LogP contribution in [0.2, 0.25) is 0 Å². The monoisotopic (exact) mass is 437 g/mol. The van der Waals surface area contributed by atoms with E-state index in [9.17, 15) is 4.79 Å². The van der Waals surface area contributed by atoms with Crippen LogP contribution < -0.4 is 4.74 Å². The summed E-state index contributed by atoms with van der Waals surface area (Å²) in [5.74, 6) is 0.438. The quantitative estimate of drug-likeness (QED) is 0.401. The molecule has 174 valence electrons. The van der Waals surface area contributed by atoms with Crippen molar-refractivity contribution in [2.45, 2.75) is 73.3 Å². The van der Waals surface area contributed by atoms with E-state index in [1.54, 1.807) is 0 Å². The SMILES string of the molecule is CC.CC.CCc1cc2c(OCC(=O)OC)cc3c(c2n1Cc1ccccc1)CCCC3. The summed E-state index contributed by atoms with van der Waals surface area (Å²) in [5.41, 5.74) is 6.66. The molecule has 0 atom stereocenters. The average Bonchev–Trinajstić information content (AvgIpc) is 3.24. The first-order valence-electron chi connectivity index (χ1n) is 12.1. The van der Waals surface area contributed by atoms with E-state index >= 15 is 0 Å². The van der Waals surface area contributed by atoms with Gasteiger partial charge < -0.3 is 14.0 Å². The van der Waals surface area contributed by atoms with Crippen molar-refractivity contribution in [2.24, 2.45) is 0 Å². The highest BCUT2D eigenvalue weighted by molar-refractivity contribution is 5.92. The zero-order valence-electron chi connectivity index (χ0n) is 20.7. The topological polar surface area (TPSA) is 40.5 Å². The lowest BCUT2D eigenvalue weighted by molar-refractivity contribution is -0.142. The molecular weight excluding hydrogens is 398 g/mol. The van der Waals surface area contributed by atoms with Gasteiger partial charge in [-0.2, -0.15) is 0 Å². The lowest BCUT2D eigenvalue weighted by atomic mass is 9.89. The number of ether oxygens (including phenoxy) is 2. The van der Waals surface area contributed by atoms with Gasteiger partial charge in [-0.3, -0.25) is 0 Å². The van der Waals surface area contributed by atoms with Crippen molar-refractivity contribution in [3.8, 4) is 5.75 Å². The van der Waals surface area contributed by atoms with Gasteiger partial charge in [-0.15, -0.1) is 0 Å². The summed E-state index contributed by atoms with van der Waals surface area (Å²) in [7, 11) is 1.39. The summed E-state index contributed by atoms with van der Waals surface area (Å²) in [6.45, 7) is 11.0. The molecule has 3 aromatic rings. The van der Waals surface area contributed by atoms with E-state index in [0.29, 0.717) is 0 Å². The maximum absolute atomic E-state index is 11.6. The largest absolute Gasteiger partial charge is 0.481 e. The van der Waals surface area contributed by atoms with Gasteiger partial charge in [-0.1, -0.05) is 65.0 Å². The molecular formula is C28H39NO3. The maximum Gasteiger partial charge on any atom is 0.343 e. The van der Waals surface area contributed by atoms with Crippen molar-refractivity contribution in [3.05, 3.63) is 64.8 Å². The van der Waals surface area contributed by atoms with Gasteiger partial charge in [0.2, 0.25) is 0 Å². The number of methoxy groups -OCH3 is 1. The first-order chi connectivity index (χ1) is 15.7. The molecule has 32 heavy (non-hydrogen) atoms. The van der Waals surface area contributed by atoms with Crippen molar-refractivity contribution in [1.29, 1.82) is 0 Å². The minimum absolute atomic E-state index is 0.0598. The van der Waals surface area contributed by atoms with E-state index in [1.807, 2.05) is 27.7 Å².